The third-order valence-electron chi connectivity index (χ3n) is 2.43. The number of aromatic nitrogens is 2. The van der Waals surface area contributed by atoms with E-state index in [-0.39, 0.29) is 5.89 Å². The Kier molecular flexibility index (Phi) is 2.88. The molecule has 0 radical (unpaired) electrons. The van der Waals surface area contributed by atoms with Crippen molar-refractivity contribution >= 4 is 6.29 Å². The second kappa shape index (κ2) is 4.32. The average molecular weight is 195 g/mol. The fourth-order valence-electron chi connectivity index (χ4n) is 1.68. The topological polar surface area (TPSA) is 59.2 Å². The molecule has 0 unspecified atom stereocenters. The highest BCUT2D eigenvalue weighted by atomic mass is 16.5. The summed E-state index contributed by atoms with van der Waals surface area (Å²) in [4.78, 5) is 16.6. The Bertz CT molecular complexity index is 305. The van der Waals surface area contributed by atoms with Gasteiger partial charge >= 0.3 is 0 Å². The molecule has 0 saturated carbocycles. The second-order valence-electron chi connectivity index (χ2n) is 3.47. The fourth-order valence-corrected chi connectivity index (χ4v) is 1.68. The molecule has 5 nitrogen and oxygen atoms in total. The zero-order valence-corrected chi connectivity index (χ0v) is 7.98. The van der Waals surface area contributed by atoms with E-state index in [9.17, 15) is 4.79 Å². The number of aldehydes is 1. The minimum Gasteiger partial charge on any atom is -0.331 e. The quantitative estimate of drug-likeness (QED) is 0.655. The van der Waals surface area contributed by atoms with Crippen LogP contribution in [-0.2, 0) is 6.42 Å². The molecule has 1 aromatic heterocycles. The molecule has 2 rings (SSSR count). The van der Waals surface area contributed by atoms with E-state index >= 15 is 0 Å². The number of hydrogen-bond donors (Lipinski definition) is 0. The van der Waals surface area contributed by atoms with Gasteiger partial charge < -0.3 is 9.42 Å². The van der Waals surface area contributed by atoms with Gasteiger partial charge in [-0.2, -0.15) is 4.98 Å². The average Bonchev–Trinajstić information content (AvgIpc) is 2.86. The molecule has 5 heteroatoms. The van der Waals surface area contributed by atoms with Crippen molar-refractivity contribution in [3.8, 4) is 0 Å². The number of hydrogen-bond acceptors (Lipinski definition) is 5. The van der Waals surface area contributed by atoms with Gasteiger partial charge in [0.1, 0.15) is 0 Å². The predicted octanol–water partition coefficient (Wildman–Crippen LogP) is 0.520. The van der Waals surface area contributed by atoms with E-state index in [4.69, 9.17) is 0 Å². The number of carbonyl (C=O) groups is 1. The zero-order valence-electron chi connectivity index (χ0n) is 7.98. The molecule has 1 aliphatic heterocycles. The summed E-state index contributed by atoms with van der Waals surface area (Å²) >= 11 is 0. The second-order valence-corrected chi connectivity index (χ2v) is 3.47. The first-order valence-electron chi connectivity index (χ1n) is 4.88. The van der Waals surface area contributed by atoms with Crippen molar-refractivity contribution < 1.29 is 9.32 Å². The van der Waals surface area contributed by atoms with Gasteiger partial charge in [-0.3, -0.25) is 4.79 Å². The van der Waals surface area contributed by atoms with E-state index in [1.165, 1.54) is 25.9 Å². The molecule has 1 saturated heterocycles. The van der Waals surface area contributed by atoms with E-state index in [0.29, 0.717) is 12.1 Å². The summed E-state index contributed by atoms with van der Waals surface area (Å²) in [7, 11) is 0. The maximum atomic E-state index is 10.3. The number of likely N-dealkylation sites (tertiary alicyclic amines) is 1. The highest BCUT2D eigenvalue weighted by Crippen LogP contribution is 2.07. The Hall–Kier alpha value is -1.23. The molecule has 14 heavy (non-hydrogen) atoms. The molecule has 0 amide bonds. The fraction of sp³-hybridized carbons (Fsp3) is 0.667. The van der Waals surface area contributed by atoms with Crippen LogP contribution in [-0.4, -0.2) is 41.0 Å². The number of rotatable bonds is 4. The first kappa shape index (κ1) is 9.33. The van der Waals surface area contributed by atoms with Crippen molar-refractivity contribution in [1.82, 2.24) is 15.0 Å². The van der Waals surface area contributed by atoms with Gasteiger partial charge in [0, 0.05) is 13.0 Å². The van der Waals surface area contributed by atoms with E-state index in [2.05, 4.69) is 19.6 Å². The van der Waals surface area contributed by atoms with E-state index in [1.807, 2.05) is 0 Å². The summed E-state index contributed by atoms with van der Waals surface area (Å²) in [5.74, 6) is 0.695. The van der Waals surface area contributed by atoms with Crippen LogP contribution in [0.15, 0.2) is 4.52 Å². The lowest BCUT2D eigenvalue weighted by Crippen LogP contribution is -2.22. The summed E-state index contributed by atoms with van der Waals surface area (Å²) in [5.41, 5.74) is 0. The molecule has 76 valence electrons. The van der Waals surface area contributed by atoms with Crippen LogP contribution in [0.1, 0.15) is 29.4 Å². The summed E-state index contributed by atoms with van der Waals surface area (Å²) < 4.78 is 4.68. The van der Waals surface area contributed by atoms with Crippen LogP contribution in [0.3, 0.4) is 0 Å². The van der Waals surface area contributed by atoms with Crippen molar-refractivity contribution in [1.29, 1.82) is 0 Å². The van der Waals surface area contributed by atoms with Crippen molar-refractivity contribution in [2.24, 2.45) is 0 Å². The third kappa shape index (κ3) is 2.17. The molecule has 0 aromatic carbocycles. The van der Waals surface area contributed by atoms with Crippen molar-refractivity contribution in [3.63, 3.8) is 0 Å². The van der Waals surface area contributed by atoms with Crippen LogP contribution >= 0.6 is 0 Å². The molecule has 0 spiro atoms. The lowest BCUT2D eigenvalue weighted by molar-refractivity contribution is 0.108. The van der Waals surface area contributed by atoms with Crippen molar-refractivity contribution in [3.05, 3.63) is 11.7 Å². The van der Waals surface area contributed by atoms with E-state index < -0.39 is 0 Å². The minimum atomic E-state index is 0.0708. The van der Waals surface area contributed by atoms with Crippen molar-refractivity contribution in [2.75, 3.05) is 19.6 Å². The van der Waals surface area contributed by atoms with Gasteiger partial charge in [-0.25, -0.2) is 0 Å². The van der Waals surface area contributed by atoms with Gasteiger partial charge in [0.05, 0.1) is 0 Å². The first-order valence-corrected chi connectivity index (χ1v) is 4.88. The molecule has 0 aliphatic carbocycles. The van der Waals surface area contributed by atoms with Crippen LogP contribution in [0.5, 0.6) is 0 Å². The van der Waals surface area contributed by atoms with E-state index in [1.54, 1.807) is 0 Å². The monoisotopic (exact) mass is 195 g/mol. The third-order valence-corrected chi connectivity index (χ3v) is 2.43. The molecule has 1 fully saturated rings. The molecule has 0 N–H and O–H groups in total. The Morgan fingerprint density at radius 1 is 1.43 bits per heavy atom. The van der Waals surface area contributed by atoms with Crippen LogP contribution < -0.4 is 0 Å². The summed E-state index contributed by atoms with van der Waals surface area (Å²) in [6, 6.07) is 0. The Morgan fingerprint density at radius 3 is 2.86 bits per heavy atom. The Balaban J connectivity index is 1.81. The molecular weight excluding hydrogens is 182 g/mol. The van der Waals surface area contributed by atoms with Crippen molar-refractivity contribution in [2.45, 2.75) is 19.3 Å². The molecule has 1 aliphatic rings. The van der Waals surface area contributed by atoms with Crippen LogP contribution in [0.25, 0.3) is 0 Å². The lowest BCUT2D eigenvalue weighted by Gasteiger charge is -2.11. The standard InChI is InChI=1S/C9H13N3O2/c13-7-9-10-8(11-14-9)3-6-12-4-1-2-5-12/h7H,1-6H2. The predicted molar refractivity (Wildman–Crippen MR) is 49.1 cm³/mol. The van der Waals surface area contributed by atoms with Crippen LogP contribution in [0, 0.1) is 0 Å². The van der Waals surface area contributed by atoms with Gasteiger partial charge in [0.25, 0.3) is 5.89 Å². The van der Waals surface area contributed by atoms with E-state index in [0.717, 1.165) is 13.0 Å². The first-order chi connectivity index (χ1) is 6.88. The van der Waals surface area contributed by atoms with Gasteiger partial charge in [0.15, 0.2) is 5.82 Å². The normalized spacial score (nSPS) is 17.4. The maximum Gasteiger partial charge on any atom is 0.290 e. The Labute approximate surface area is 82.1 Å². The molecule has 0 atom stereocenters. The maximum absolute atomic E-state index is 10.3. The van der Waals surface area contributed by atoms with Gasteiger partial charge in [-0.1, -0.05) is 5.16 Å². The molecular formula is C9H13N3O2. The molecule has 0 bridgehead atoms. The van der Waals surface area contributed by atoms with Crippen LogP contribution in [0.2, 0.25) is 0 Å². The molecule has 2 heterocycles. The Morgan fingerprint density at radius 2 is 2.21 bits per heavy atom. The SMILES string of the molecule is O=Cc1nc(CCN2CCCC2)no1. The zero-order chi connectivity index (χ0) is 9.80. The van der Waals surface area contributed by atoms with Gasteiger partial charge in [0.2, 0.25) is 6.29 Å². The highest BCUT2D eigenvalue weighted by molar-refractivity contribution is 5.66. The summed E-state index contributed by atoms with van der Waals surface area (Å²) in [6.45, 7) is 3.29. The van der Waals surface area contributed by atoms with Gasteiger partial charge in [-0.15, -0.1) is 0 Å². The van der Waals surface area contributed by atoms with Crippen LogP contribution in [0.4, 0.5) is 0 Å². The number of carbonyl (C=O) groups excluding carboxylic acids is 1. The summed E-state index contributed by atoms with van der Waals surface area (Å²) in [6.07, 6.45) is 3.90. The largest absolute Gasteiger partial charge is 0.331 e. The molecule has 1 aromatic rings. The van der Waals surface area contributed by atoms with Gasteiger partial charge in [-0.05, 0) is 25.9 Å². The summed E-state index contributed by atoms with van der Waals surface area (Å²) in [5, 5.41) is 3.70. The lowest BCUT2D eigenvalue weighted by atomic mass is 10.4. The highest BCUT2D eigenvalue weighted by Gasteiger charge is 2.12. The minimum absolute atomic E-state index is 0.0708. The number of nitrogens with zero attached hydrogens (tertiary/aromatic N) is 3. The smallest absolute Gasteiger partial charge is 0.290 e.